The molecule has 1 aliphatic rings. The molecular weight excluding hydrogens is 382 g/mol. The van der Waals surface area contributed by atoms with Crippen molar-refractivity contribution >= 4 is 33.2 Å². The molecule has 0 aromatic heterocycles. The van der Waals surface area contributed by atoms with Crippen LogP contribution >= 0.6 is 22.5 Å². The van der Waals surface area contributed by atoms with E-state index in [-0.39, 0.29) is 0 Å². The second kappa shape index (κ2) is 7.84. The van der Waals surface area contributed by atoms with E-state index in [0.29, 0.717) is 20.5 Å². The average Bonchev–Trinajstić information content (AvgIpc) is 2.62. The minimum absolute atomic E-state index is 0.415. The van der Waals surface area contributed by atoms with Crippen molar-refractivity contribution in [3.63, 3.8) is 0 Å². The summed E-state index contributed by atoms with van der Waals surface area (Å²) in [6.45, 7) is 0. The van der Waals surface area contributed by atoms with Crippen LogP contribution in [0.5, 0.6) is 0 Å². The number of hydrogen-bond donors (Lipinski definition) is 0. The highest BCUT2D eigenvalue weighted by molar-refractivity contribution is 8.28. The molecule has 5 nitrogen and oxygen atoms in total. The minimum atomic E-state index is -4.58. The van der Waals surface area contributed by atoms with Gasteiger partial charge in [0.2, 0.25) is 0 Å². The fourth-order valence-corrected chi connectivity index (χ4v) is 5.57. The third-order valence-corrected chi connectivity index (χ3v) is 7.02. The number of hydrogen-bond acceptors (Lipinski definition) is 6. The van der Waals surface area contributed by atoms with Crippen LogP contribution < -0.4 is 14.0 Å². The Bertz CT molecular complexity index is 846. The highest BCUT2D eigenvalue weighted by Crippen LogP contribution is 2.41. The number of allylic oxidation sites excluding steroid dienone is 1. The lowest BCUT2D eigenvalue weighted by Gasteiger charge is -2.20. The summed E-state index contributed by atoms with van der Waals surface area (Å²) in [7, 11) is -5.97. The molecule has 0 spiro atoms. The first-order valence-corrected chi connectivity index (χ1v) is 10.8. The van der Waals surface area contributed by atoms with Gasteiger partial charge in [0.05, 0.1) is 20.2 Å². The minimum Gasteiger partial charge on any atom is -0.238 e. The number of nitrogens with zero attached hydrogens (tertiary/aromatic N) is 1. The smallest absolute Gasteiger partial charge is 0.172 e. The van der Waals surface area contributed by atoms with Crippen LogP contribution in [0.2, 0.25) is 0 Å². The molecule has 3 rings (SSSR count). The monoisotopic (exact) mass is 395 g/mol. The Labute approximate surface area is 154 Å². The summed E-state index contributed by atoms with van der Waals surface area (Å²) in [6, 6.07) is 18.7. The number of benzene rings is 2. The Morgan fingerprint density at radius 2 is 1.48 bits per heavy atom. The first-order valence-electron chi connectivity index (χ1n) is 7.15. The third-order valence-electron chi connectivity index (χ3n) is 3.27. The maximum absolute atomic E-state index is 11.2. The molecule has 25 heavy (non-hydrogen) atoms. The highest BCUT2D eigenvalue weighted by Gasteiger charge is 2.31. The second-order valence-corrected chi connectivity index (χ2v) is 8.64. The summed E-state index contributed by atoms with van der Waals surface area (Å²) in [5.41, 5.74) is 2.29. The van der Waals surface area contributed by atoms with Crippen LogP contribution in [0.15, 0.2) is 76.0 Å². The Balaban J connectivity index is 2.19. The van der Waals surface area contributed by atoms with E-state index in [9.17, 15) is 14.0 Å². The van der Waals surface area contributed by atoms with E-state index in [1.165, 1.54) is 11.8 Å². The fourth-order valence-electron chi connectivity index (χ4n) is 2.23. The molecule has 130 valence electrons. The molecule has 1 unspecified atom stereocenters. The van der Waals surface area contributed by atoms with Crippen molar-refractivity contribution in [2.75, 3.05) is 6.26 Å². The molecule has 0 N–H and O–H groups in total. The van der Waals surface area contributed by atoms with Gasteiger partial charge in [-0.15, -0.1) is 11.8 Å². The number of halogens is 1. The Kier molecular flexibility index (Phi) is 5.75. The number of rotatable bonds is 5. The molecule has 1 aliphatic heterocycles. The van der Waals surface area contributed by atoms with Crippen LogP contribution in [-0.4, -0.2) is 17.0 Å². The summed E-state index contributed by atoms with van der Waals surface area (Å²) < 4.78 is 39.0. The van der Waals surface area contributed by atoms with E-state index in [0.717, 1.165) is 5.56 Å². The maximum Gasteiger partial charge on any atom is 0.172 e. The van der Waals surface area contributed by atoms with Gasteiger partial charge in [-0.1, -0.05) is 60.7 Å². The lowest BCUT2D eigenvalue weighted by atomic mass is 10.1. The summed E-state index contributed by atoms with van der Waals surface area (Å²) >= 11 is 1.33. The van der Waals surface area contributed by atoms with Crippen LogP contribution in [0.4, 0.5) is 0 Å². The fraction of sp³-hybridized carbons (Fsp3) is 0.0588. The van der Waals surface area contributed by atoms with Crippen molar-refractivity contribution in [3.8, 4) is 0 Å². The molecule has 8 heteroatoms. The lowest BCUT2D eigenvalue weighted by molar-refractivity contribution is -1.91. The predicted octanol–water partition coefficient (Wildman–Crippen LogP) is 0.970. The molecule has 0 bridgehead atoms. The van der Waals surface area contributed by atoms with E-state index in [2.05, 4.69) is 4.99 Å². The Hall–Kier alpha value is -1.45. The lowest BCUT2D eigenvalue weighted by Crippen LogP contribution is -2.60. The topological polar surface area (TPSA) is 90.8 Å². The Morgan fingerprint density at radius 1 is 0.920 bits per heavy atom. The summed E-state index contributed by atoms with van der Waals surface area (Å²) in [5.74, 6) is 0. The van der Waals surface area contributed by atoms with E-state index >= 15 is 0 Å². The van der Waals surface area contributed by atoms with Crippen molar-refractivity contribution < 1.29 is 28.0 Å². The largest absolute Gasteiger partial charge is 0.238 e. The van der Waals surface area contributed by atoms with Crippen molar-refractivity contribution in [2.24, 2.45) is 4.99 Å². The molecule has 2 aromatic carbocycles. The predicted molar refractivity (Wildman–Crippen MR) is 93.8 cm³/mol. The van der Waals surface area contributed by atoms with Crippen molar-refractivity contribution in [3.05, 3.63) is 82.1 Å². The van der Waals surface area contributed by atoms with Gasteiger partial charge in [-0.2, -0.15) is 14.0 Å². The van der Waals surface area contributed by atoms with Crippen LogP contribution in [0.3, 0.4) is 0 Å². The molecule has 0 amide bonds. The number of thioether (sulfide) groups is 1. The Morgan fingerprint density at radius 3 is 2.00 bits per heavy atom. The normalized spacial score (nSPS) is 17.9. The molecule has 0 saturated carbocycles. The second-order valence-electron chi connectivity index (χ2n) is 4.91. The van der Waals surface area contributed by atoms with E-state index in [4.69, 9.17) is 3.74 Å². The van der Waals surface area contributed by atoms with Gasteiger partial charge in [-0.25, -0.2) is 4.99 Å². The van der Waals surface area contributed by atoms with Gasteiger partial charge in [-0.05, 0) is 12.3 Å². The molecule has 1 heterocycles. The zero-order valence-electron chi connectivity index (χ0n) is 13.1. The standard InChI is InChI=1S/C17H14ClNO4S2/c1-24-16-12-15(13-8-4-2-5-9-13)19-17(14-10-6-3-7-11-14)25(16)23-18(20,21)22/h2-12H,1H3. The van der Waals surface area contributed by atoms with Crippen LogP contribution in [-0.2, 0) is 3.74 Å². The third kappa shape index (κ3) is 4.59. The molecular formula is C17H14ClNO4S2. The van der Waals surface area contributed by atoms with Gasteiger partial charge < -0.3 is 0 Å². The molecule has 1 atom stereocenters. The maximum atomic E-state index is 11.2. The highest BCUT2D eigenvalue weighted by atomic mass is 35.7. The van der Waals surface area contributed by atoms with Crippen LogP contribution in [0.25, 0.3) is 0 Å². The van der Waals surface area contributed by atoms with Crippen molar-refractivity contribution in [1.82, 2.24) is 0 Å². The zero-order valence-corrected chi connectivity index (χ0v) is 15.5. The summed E-state index contributed by atoms with van der Waals surface area (Å²) in [6.07, 6.45) is 3.57. The molecule has 0 radical (unpaired) electrons. The van der Waals surface area contributed by atoms with E-state index < -0.39 is 21.0 Å². The quantitative estimate of drug-likeness (QED) is 0.703. The van der Waals surface area contributed by atoms with Gasteiger partial charge >= 0.3 is 0 Å². The average molecular weight is 396 g/mol. The van der Waals surface area contributed by atoms with Gasteiger partial charge in [0.25, 0.3) is 0 Å². The first-order chi connectivity index (χ1) is 12.0. The number of aliphatic imine (C=N–C) groups is 1. The molecule has 0 saturated heterocycles. The van der Waals surface area contributed by atoms with Gasteiger partial charge in [0.1, 0.15) is 8.72 Å². The van der Waals surface area contributed by atoms with E-state index in [1.54, 1.807) is 12.3 Å². The summed E-state index contributed by atoms with van der Waals surface area (Å²) in [4.78, 5) is 5.02. The van der Waals surface area contributed by atoms with Crippen LogP contribution in [0.1, 0.15) is 11.1 Å². The van der Waals surface area contributed by atoms with Gasteiger partial charge in [-0.3, -0.25) is 0 Å². The molecule has 0 aliphatic carbocycles. The SMILES string of the molecule is CSC1=CC(c2ccccc2)=NC(c2ccccc2)=S1O[Cl+3]([O-])([O-])[O-]. The van der Waals surface area contributed by atoms with Crippen molar-refractivity contribution in [2.45, 2.75) is 0 Å². The van der Waals surface area contributed by atoms with Crippen LogP contribution in [0, 0.1) is 10.2 Å². The van der Waals surface area contributed by atoms with Crippen molar-refractivity contribution in [1.29, 1.82) is 0 Å². The van der Waals surface area contributed by atoms with E-state index in [1.807, 2.05) is 60.7 Å². The molecule has 0 fully saturated rings. The zero-order chi connectivity index (χ0) is 17.9. The van der Waals surface area contributed by atoms with Gasteiger partial charge in [0.15, 0.2) is 10.8 Å². The summed E-state index contributed by atoms with van der Waals surface area (Å²) in [5, 5.41) is 0. The molecule has 2 aromatic rings. The first kappa shape index (κ1) is 18.3. The van der Waals surface area contributed by atoms with Gasteiger partial charge in [0, 0.05) is 11.1 Å².